The molecule has 0 unspecified atom stereocenters. The number of carbonyl (C=O) groups is 1. The molecule has 0 saturated heterocycles. The number of hydrogen-bond acceptors (Lipinski definition) is 4. The van der Waals surface area contributed by atoms with Crippen LogP contribution in [-0.2, 0) is 0 Å². The number of nitrogens with zero attached hydrogens (tertiary/aromatic N) is 1. The van der Waals surface area contributed by atoms with Crippen LogP contribution in [0.1, 0.15) is 15.9 Å². The Balaban J connectivity index is 1.42. The van der Waals surface area contributed by atoms with E-state index in [0.29, 0.717) is 39.2 Å². The van der Waals surface area contributed by atoms with Crippen molar-refractivity contribution >= 4 is 23.2 Å². The predicted octanol–water partition coefficient (Wildman–Crippen LogP) is 5.69. The maximum atomic E-state index is 12.9. The van der Waals surface area contributed by atoms with Crippen LogP contribution >= 0.6 is 11.6 Å². The molecular weight excluding hydrogens is 414 g/mol. The number of rotatable bonds is 4. The van der Waals surface area contributed by atoms with Crippen molar-refractivity contribution in [2.75, 3.05) is 12.1 Å². The zero-order chi connectivity index (χ0) is 21.4. The van der Waals surface area contributed by atoms with Gasteiger partial charge in [-0.2, -0.15) is 0 Å². The lowest BCUT2D eigenvalue weighted by Gasteiger charge is -2.10. The third-order valence-corrected chi connectivity index (χ3v) is 5.43. The van der Waals surface area contributed by atoms with Gasteiger partial charge in [0.15, 0.2) is 11.5 Å². The Bertz CT molecular complexity index is 1280. The van der Waals surface area contributed by atoms with Gasteiger partial charge in [-0.25, -0.2) is 4.98 Å². The number of benzene rings is 3. The number of fused-ring (bicyclic) bond motifs is 1. The Labute approximate surface area is 183 Å². The number of aromatic nitrogens is 2. The average molecular weight is 432 g/mol. The van der Waals surface area contributed by atoms with E-state index in [2.05, 4.69) is 15.3 Å². The third-order valence-electron chi connectivity index (χ3n) is 5.10. The second kappa shape index (κ2) is 7.81. The van der Waals surface area contributed by atoms with Crippen LogP contribution < -0.4 is 14.8 Å². The van der Waals surface area contributed by atoms with Gasteiger partial charge in [-0.15, -0.1) is 0 Å². The zero-order valence-electron chi connectivity index (χ0n) is 16.6. The molecule has 154 valence electrons. The highest BCUT2D eigenvalue weighted by Crippen LogP contribution is 2.35. The number of H-pyrrole nitrogens is 1. The standard InChI is InChI=1S/C24H18ClN3O3/c1-14-9-21-22(31-13-30-21)11-17(14)24(29)27-16-7-8-19(25)18(10-16)23-26-12-20(28-23)15-5-3-2-4-6-15/h2-12H,13H2,1H3,(H,26,28)(H,27,29). The van der Waals surface area contributed by atoms with Crippen LogP contribution in [0, 0.1) is 6.92 Å². The number of carbonyl (C=O) groups excluding carboxylic acids is 1. The topological polar surface area (TPSA) is 76.2 Å². The van der Waals surface area contributed by atoms with E-state index < -0.39 is 0 Å². The summed E-state index contributed by atoms with van der Waals surface area (Å²) in [5, 5.41) is 3.46. The van der Waals surface area contributed by atoms with Gasteiger partial charge in [0.25, 0.3) is 5.91 Å². The molecule has 0 radical (unpaired) electrons. The van der Waals surface area contributed by atoms with Crippen LogP contribution in [0.2, 0.25) is 5.02 Å². The van der Waals surface area contributed by atoms with Gasteiger partial charge < -0.3 is 19.8 Å². The van der Waals surface area contributed by atoms with Gasteiger partial charge in [0, 0.05) is 16.8 Å². The van der Waals surface area contributed by atoms with Crippen LogP contribution in [0.3, 0.4) is 0 Å². The number of hydrogen-bond donors (Lipinski definition) is 2. The number of halogens is 1. The number of anilines is 1. The third kappa shape index (κ3) is 3.73. The van der Waals surface area contributed by atoms with Gasteiger partial charge in [-0.3, -0.25) is 4.79 Å². The van der Waals surface area contributed by atoms with E-state index in [-0.39, 0.29) is 12.7 Å². The second-order valence-corrected chi connectivity index (χ2v) is 7.59. The monoisotopic (exact) mass is 431 g/mol. The normalized spacial score (nSPS) is 12.1. The summed E-state index contributed by atoms with van der Waals surface area (Å²) < 4.78 is 10.8. The fourth-order valence-electron chi connectivity index (χ4n) is 3.49. The minimum Gasteiger partial charge on any atom is -0.454 e. The van der Waals surface area contributed by atoms with Crippen molar-refractivity contribution in [2.45, 2.75) is 6.92 Å². The highest BCUT2D eigenvalue weighted by molar-refractivity contribution is 6.33. The number of ether oxygens (including phenoxy) is 2. The van der Waals surface area contributed by atoms with E-state index in [0.717, 1.165) is 16.8 Å². The van der Waals surface area contributed by atoms with Gasteiger partial charge in [0.05, 0.1) is 16.9 Å². The summed E-state index contributed by atoms with van der Waals surface area (Å²) in [6, 6.07) is 18.7. The number of aromatic amines is 1. The van der Waals surface area contributed by atoms with Crippen LogP contribution in [0.4, 0.5) is 5.69 Å². The highest BCUT2D eigenvalue weighted by atomic mass is 35.5. The molecule has 31 heavy (non-hydrogen) atoms. The maximum absolute atomic E-state index is 12.9. The molecule has 7 heteroatoms. The molecule has 5 rings (SSSR count). The van der Waals surface area contributed by atoms with Gasteiger partial charge in [0.1, 0.15) is 5.82 Å². The summed E-state index contributed by atoms with van der Waals surface area (Å²) in [5.41, 5.74) is 4.54. The largest absolute Gasteiger partial charge is 0.454 e. The first kappa shape index (κ1) is 19.2. The van der Waals surface area contributed by atoms with Gasteiger partial charge >= 0.3 is 0 Å². The van der Waals surface area contributed by atoms with Crippen LogP contribution in [0.15, 0.2) is 66.9 Å². The molecule has 3 aromatic carbocycles. The Hall–Kier alpha value is -3.77. The molecule has 1 amide bonds. The summed E-state index contributed by atoms with van der Waals surface area (Å²) in [6.07, 6.45) is 1.77. The summed E-state index contributed by atoms with van der Waals surface area (Å²) in [4.78, 5) is 20.7. The number of imidazole rings is 1. The van der Waals surface area contributed by atoms with Crippen molar-refractivity contribution in [3.63, 3.8) is 0 Å². The molecule has 6 nitrogen and oxygen atoms in total. The molecule has 2 heterocycles. The molecule has 0 aliphatic carbocycles. The SMILES string of the molecule is Cc1cc2c(cc1C(=O)Nc1ccc(Cl)c(-c3ncc(-c4ccccc4)[nH]3)c1)OCO2. The lowest BCUT2D eigenvalue weighted by molar-refractivity contribution is 0.102. The summed E-state index contributed by atoms with van der Waals surface area (Å²) in [5.74, 6) is 1.60. The molecule has 0 atom stereocenters. The van der Waals surface area contributed by atoms with E-state index in [1.165, 1.54) is 0 Å². The fraction of sp³-hybridized carbons (Fsp3) is 0.0833. The van der Waals surface area contributed by atoms with Gasteiger partial charge in [-0.05, 0) is 48.4 Å². The maximum Gasteiger partial charge on any atom is 0.256 e. The van der Waals surface area contributed by atoms with Crippen molar-refractivity contribution in [1.29, 1.82) is 0 Å². The molecule has 0 spiro atoms. The lowest BCUT2D eigenvalue weighted by Crippen LogP contribution is -2.13. The van der Waals surface area contributed by atoms with Gasteiger partial charge in [0.2, 0.25) is 6.79 Å². The number of amides is 1. The summed E-state index contributed by atoms with van der Waals surface area (Å²) in [6.45, 7) is 2.02. The van der Waals surface area contributed by atoms with Crippen molar-refractivity contribution in [3.8, 4) is 34.1 Å². The van der Waals surface area contributed by atoms with Crippen molar-refractivity contribution in [2.24, 2.45) is 0 Å². The smallest absolute Gasteiger partial charge is 0.256 e. The highest BCUT2D eigenvalue weighted by Gasteiger charge is 2.19. The Morgan fingerprint density at radius 1 is 1.06 bits per heavy atom. The molecule has 0 bridgehead atoms. The van der Waals surface area contributed by atoms with Crippen molar-refractivity contribution < 1.29 is 14.3 Å². The Kier molecular flexibility index (Phi) is 4.84. The zero-order valence-corrected chi connectivity index (χ0v) is 17.4. The molecule has 0 saturated carbocycles. The predicted molar refractivity (Wildman–Crippen MR) is 120 cm³/mol. The number of aryl methyl sites for hydroxylation is 1. The first-order valence-corrected chi connectivity index (χ1v) is 10.1. The van der Waals surface area contributed by atoms with Crippen LogP contribution in [-0.4, -0.2) is 22.7 Å². The molecular formula is C24H18ClN3O3. The molecule has 4 aromatic rings. The van der Waals surface area contributed by atoms with Crippen LogP contribution in [0.25, 0.3) is 22.6 Å². The lowest BCUT2D eigenvalue weighted by atomic mass is 10.1. The van der Waals surface area contributed by atoms with E-state index in [1.807, 2.05) is 37.3 Å². The second-order valence-electron chi connectivity index (χ2n) is 7.18. The fourth-order valence-corrected chi connectivity index (χ4v) is 3.70. The molecule has 0 fully saturated rings. The van der Waals surface area contributed by atoms with E-state index >= 15 is 0 Å². The summed E-state index contributed by atoms with van der Waals surface area (Å²) in [7, 11) is 0. The minimum atomic E-state index is -0.242. The van der Waals surface area contributed by atoms with Crippen molar-refractivity contribution in [3.05, 3.63) is 83.0 Å². The van der Waals surface area contributed by atoms with Gasteiger partial charge in [-0.1, -0.05) is 41.9 Å². The molecule has 1 aromatic heterocycles. The Morgan fingerprint density at radius 2 is 1.84 bits per heavy atom. The summed E-state index contributed by atoms with van der Waals surface area (Å²) >= 11 is 6.43. The average Bonchev–Trinajstić information content (AvgIpc) is 3.44. The van der Waals surface area contributed by atoms with E-state index in [1.54, 1.807) is 36.5 Å². The molecule has 1 aliphatic rings. The van der Waals surface area contributed by atoms with E-state index in [4.69, 9.17) is 21.1 Å². The minimum absolute atomic E-state index is 0.161. The molecule has 1 aliphatic heterocycles. The first-order chi connectivity index (χ1) is 15.1. The Morgan fingerprint density at radius 3 is 2.65 bits per heavy atom. The number of nitrogens with one attached hydrogen (secondary N) is 2. The van der Waals surface area contributed by atoms with E-state index in [9.17, 15) is 4.79 Å². The molecule has 2 N–H and O–H groups in total. The van der Waals surface area contributed by atoms with Crippen LogP contribution in [0.5, 0.6) is 11.5 Å². The first-order valence-electron chi connectivity index (χ1n) is 9.70. The quantitative estimate of drug-likeness (QED) is 0.435. The van der Waals surface area contributed by atoms with Crippen molar-refractivity contribution in [1.82, 2.24) is 9.97 Å².